The fourth-order valence-corrected chi connectivity index (χ4v) is 3.55. The Kier molecular flexibility index (Phi) is 6.30. The van der Waals surface area contributed by atoms with Gasteiger partial charge in [-0.05, 0) is 30.7 Å². The molecule has 5 aromatic rings. The van der Waals surface area contributed by atoms with E-state index in [4.69, 9.17) is 15.9 Å². The number of hydrogen-bond acceptors (Lipinski definition) is 9. The average molecular weight is 457 g/mol. The average Bonchev–Trinajstić information content (AvgIpc) is 3.25. The zero-order valence-corrected chi connectivity index (χ0v) is 19.1. The number of benzene rings is 2. The molecular formula is C24H24N8O2. The predicted molar refractivity (Wildman–Crippen MR) is 130 cm³/mol. The van der Waals surface area contributed by atoms with Crippen molar-refractivity contribution < 1.29 is 4.42 Å². The Morgan fingerprint density at radius 2 is 1.65 bits per heavy atom. The third kappa shape index (κ3) is 4.33. The molecule has 0 aliphatic heterocycles. The van der Waals surface area contributed by atoms with E-state index >= 15 is 0 Å². The fraction of sp³-hybridized carbons (Fsp3) is 0.167. The summed E-state index contributed by atoms with van der Waals surface area (Å²) in [6, 6.07) is 15.5. The van der Waals surface area contributed by atoms with Crippen molar-refractivity contribution in [1.29, 1.82) is 0 Å². The van der Waals surface area contributed by atoms with Gasteiger partial charge in [0.2, 0.25) is 5.89 Å². The number of aromatic nitrogens is 6. The molecule has 0 radical (unpaired) electrons. The third-order valence-electron chi connectivity index (χ3n) is 5.15. The normalized spacial score (nSPS) is 10.7. The largest absolute Gasteiger partial charge is 0.421 e. The number of fused-ring (bicyclic) bond motifs is 1. The molecule has 10 heteroatoms. The maximum atomic E-state index is 12.9. The highest BCUT2D eigenvalue weighted by Gasteiger charge is 2.15. The molecule has 0 aliphatic rings. The molecule has 0 amide bonds. The van der Waals surface area contributed by atoms with Gasteiger partial charge in [0.25, 0.3) is 11.4 Å². The molecule has 172 valence electrons. The van der Waals surface area contributed by atoms with Crippen molar-refractivity contribution in [2.45, 2.75) is 27.2 Å². The minimum absolute atomic E-state index is 0.0103. The van der Waals surface area contributed by atoms with Crippen LogP contribution in [0.2, 0.25) is 0 Å². The molecule has 0 unspecified atom stereocenters. The first-order chi connectivity index (χ1) is 16.4. The number of nitrogen functional groups attached to an aromatic ring is 2. The molecule has 0 spiro atoms. The summed E-state index contributed by atoms with van der Waals surface area (Å²) in [6.45, 7) is 5.64. The van der Waals surface area contributed by atoms with Crippen molar-refractivity contribution in [3.8, 4) is 17.1 Å². The lowest BCUT2D eigenvalue weighted by atomic mass is 10.1. The topological polar surface area (TPSA) is 152 Å². The van der Waals surface area contributed by atoms with E-state index in [1.54, 1.807) is 11.5 Å². The highest BCUT2D eigenvalue weighted by atomic mass is 16.4. The zero-order valence-electron chi connectivity index (χ0n) is 19.1. The van der Waals surface area contributed by atoms with Gasteiger partial charge < -0.3 is 15.9 Å². The molecule has 0 atom stereocenters. The van der Waals surface area contributed by atoms with Crippen LogP contribution in [0.5, 0.6) is 0 Å². The van der Waals surface area contributed by atoms with Crippen molar-refractivity contribution in [2.75, 3.05) is 11.5 Å². The minimum Gasteiger partial charge on any atom is -0.421 e. The van der Waals surface area contributed by atoms with Gasteiger partial charge in [0.1, 0.15) is 29.4 Å². The lowest BCUT2D eigenvalue weighted by Gasteiger charge is -2.13. The summed E-state index contributed by atoms with van der Waals surface area (Å²) in [5.41, 5.74) is 14.2. The maximum Gasteiger partial charge on any atom is 0.266 e. The summed E-state index contributed by atoms with van der Waals surface area (Å²) in [4.78, 5) is 25.1. The second-order valence-corrected chi connectivity index (χ2v) is 7.47. The Labute approximate surface area is 195 Å². The Morgan fingerprint density at radius 3 is 2.26 bits per heavy atom. The van der Waals surface area contributed by atoms with Gasteiger partial charge in [0.15, 0.2) is 0 Å². The maximum absolute atomic E-state index is 12.9. The third-order valence-corrected chi connectivity index (χ3v) is 5.15. The molecule has 5 rings (SSSR count). The quantitative estimate of drug-likeness (QED) is 0.416. The highest BCUT2D eigenvalue weighted by Crippen LogP contribution is 2.26. The molecule has 3 aromatic heterocycles. The van der Waals surface area contributed by atoms with E-state index in [0.717, 1.165) is 22.6 Å². The number of para-hydroxylation sites is 1. The molecular weight excluding hydrogens is 432 g/mol. The lowest BCUT2D eigenvalue weighted by molar-refractivity contribution is 0.533. The molecule has 0 bridgehead atoms. The van der Waals surface area contributed by atoms with Crippen molar-refractivity contribution >= 4 is 22.5 Å². The van der Waals surface area contributed by atoms with E-state index in [2.05, 4.69) is 25.1 Å². The number of nitrogens with zero attached hydrogens (tertiary/aromatic N) is 6. The smallest absolute Gasteiger partial charge is 0.266 e. The highest BCUT2D eigenvalue weighted by molar-refractivity contribution is 5.81. The van der Waals surface area contributed by atoms with Gasteiger partial charge in [-0.1, -0.05) is 37.3 Å². The van der Waals surface area contributed by atoms with Crippen LogP contribution >= 0.6 is 0 Å². The first kappa shape index (κ1) is 22.6. The number of aryl methyl sites for hydroxylation is 3. The van der Waals surface area contributed by atoms with Crippen LogP contribution in [0.3, 0.4) is 0 Å². The summed E-state index contributed by atoms with van der Waals surface area (Å²) in [6.07, 6.45) is 1.99. The van der Waals surface area contributed by atoms with Gasteiger partial charge >= 0.3 is 0 Å². The second-order valence-electron chi connectivity index (χ2n) is 7.47. The van der Waals surface area contributed by atoms with Gasteiger partial charge in [0.05, 0.1) is 16.6 Å². The summed E-state index contributed by atoms with van der Waals surface area (Å²) in [5.74, 6) is 1.90. The van der Waals surface area contributed by atoms with Crippen LogP contribution in [0.1, 0.15) is 24.2 Å². The second kappa shape index (κ2) is 9.49. The van der Waals surface area contributed by atoms with Gasteiger partial charge in [-0.3, -0.25) is 9.36 Å². The van der Waals surface area contributed by atoms with Crippen LogP contribution in [0, 0.1) is 13.8 Å². The van der Waals surface area contributed by atoms with E-state index in [9.17, 15) is 4.79 Å². The van der Waals surface area contributed by atoms with Gasteiger partial charge in [-0.2, -0.15) is 0 Å². The van der Waals surface area contributed by atoms with E-state index in [-0.39, 0.29) is 23.1 Å². The standard InChI is InChI=1S/C17H16N2O.C7H8N6O/c1-3-15-18-14-11-7-8-12(2)16(14)17(20)19(15)13-9-5-4-6-10-13;1-3-12-13-7(14-3)4-5(8)10-2-11-6(4)9/h4-11H,3H2,1-2H3;2H,1H3,(H4,8,9,10,11). The number of hydrogen-bond donors (Lipinski definition) is 2. The molecule has 0 aliphatic carbocycles. The van der Waals surface area contributed by atoms with E-state index < -0.39 is 0 Å². The van der Waals surface area contributed by atoms with E-state index in [1.807, 2.05) is 62.4 Å². The molecule has 0 saturated heterocycles. The van der Waals surface area contributed by atoms with Gasteiger partial charge in [-0.25, -0.2) is 15.0 Å². The van der Waals surface area contributed by atoms with E-state index in [0.29, 0.717) is 23.3 Å². The number of nitrogens with two attached hydrogens (primary N) is 2. The number of rotatable bonds is 3. The van der Waals surface area contributed by atoms with Crippen LogP contribution in [-0.2, 0) is 6.42 Å². The molecule has 0 saturated carbocycles. The van der Waals surface area contributed by atoms with E-state index in [1.165, 1.54) is 6.33 Å². The SMILES string of the molecule is CCc1nc2cccc(C)c2c(=O)n1-c1ccccc1.Cc1nnc(-c2c(N)ncnc2N)o1. The van der Waals surface area contributed by atoms with Crippen LogP contribution < -0.4 is 17.0 Å². The van der Waals surface area contributed by atoms with Crippen LogP contribution in [0.4, 0.5) is 11.6 Å². The van der Waals surface area contributed by atoms with Crippen molar-refractivity contribution in [3.63, 3.8) is 0 Å². The summed E-state index contributed by atoms with van der Waals surface area (Å²) >= 11 is 0. The summed E-state index contributed by atoms with van der Waals surface area (Å²) in [5, 5.41) is 8.15. The number of anilines is 2. The van der Waals surface area contributed by atoms with Gasteiger partial charge in [-0.15, -0.1) is 10.2 Å². The molecule has 34 heavy (non-hydrogen) atoms. The predicted octanol–water partition coefficient (Wildman–Crippen LogP) is 3.26. The van der Waals surface area contributed by atoms with Crippen molar-refractivity contribution in [1.82, 2.24) is 29.7 Å². The fourth-order valence-electron chi connectivity index (χ4n) is 3.55. The van der Waals surface area contributed by atoms with Crippen LogP contribution in [0.25, 0.3) is 28.0 Å². The van der Waals surface area contributed by atoms with Gasteiger partial charge in [0, 0.05) is 13.3 Å². The van der Waals surface area contributed by atoms with Crippen molar-refractivity contribution in [3.05, 3.63) is 82.5 Å². The van der Waals surface area contributed by atoms with Crippen LogP contribution in [0.15, 0.2) is 64.1 Å². The molecule has 4 N–H and O–H groups in total. The molecule has 3 heterocycles. The molecule has 10 nitrogen and oxygen atoms in total. The zero-order chi connectivity index (χ0) is 24.2. The van der Waals surface area contributed by atoms with Crippen LogP contribution in [-0.4, -0.2) is 29.7 Å². The summed E-state index contributed by atoms with van der Waals surface area (Å²) in [7, 11) is 0. The summed E-state index contributed by atoms with van der Waals surface area (Å²) < 4.78 is 6.89. The Bertz CT molecular complexity index is 1490. The molecule has 0 fully saturated rings. The molecule has 2 aromatic carbocycles. The monoisotopic (exact) mass is 456 g/mol. The van der Waals surface area contributed by atoms with Crippen molar-refractivity contribution in [2.24, 2.45) is 0 Å². The Hall–Kier alpha value is -4.60. The first-order valence-electron chi connectivity index (χ1n) is 10.6. The lowest BCUT2D eigenvalue weighted by Crippen LogP contribution is -2.24. The Balaban J connectivity index is 0.000000172. The minimum atomic E-state index is 0.0103. The first-order valence-corrected chi connectivity index (χ1v) is 10.6. The Morgan fingerprint density at radius 1 is 0.941 bits per heavy atom.